The Morgan fingerprint density at radius 2 is 1.63 bits per heavy atom. The van der Waals surface area contributed by atoms with E-state index in [1.807, 2.05) is 43.3 Å². The molecule has 154 valence electrons. The monoisotopic (exact) mass is 439 g/mol. The van der Waals surface area contributed by atoms with E-state index in [2.05, 4.69) is 15.4 Å². The Morgan fingerprint density at radius 1 is 0.933 bits per heavy atom. The van der Waals surface area contributed by atoms with Gasteiger partial charge in [-0.2, -0.15) is 0 Å². The van der Waals surface area contributed by atoms with Crippen LogP contribution in [0.4, 0.5) is 5.69 Å². The highest BCUT2D eigenvalue weighted by molar-refractivity contribution is 7.89. The van der Waals surface area contributed by atoms with Gasteiger partial charge in [-0.3, -0.25) is 10.1 Å². The topological polar surface area (TPSA) is 87.3 Å². The van der Waals surface area contributed by atoms with Crippen molar-refractivity contribution in [3.8, 4) is 0 Å². The maximum absolute atomic E-state index is 12.5. The van der Waals surface area contributed by atoms with E-state index >= 15 is 0 Å². The van der Waals surface area contributed by atoms with Gasteiger partial charge in [-0.1, -0.05) is 48.0 Å². The van der Waals surface area contributed by atoms with Crippen molar-refractivity contribution in [1.82, 2.24) is 10.0 Å². The molecule has 0 saturated heterocycles. The van der Waals surface area contributed by atoms with Crippen molar-refractivity contribution >= 4 is 38.9 Å². The van der Waals surface area contributed by atoms with Crippen LogP contribution in [-0.4, -0.2) is 19.4 Å². The Labute approximate surface area is 181 Å². The number of hydrogen-bond acceptors (Lipinski definition) is 4. The third kappa shape index (κ3) is 5.96. The van der Waals surface area contributed by atoms with E-state index in [4.69, 9.17) is 12.2 Å². The molecule has 3 aromatic carbocycles. The quantitative estimate of drug-likeness (QED) is 0.511. The predicted octanol–water partition coefficient (Wildman–Crippen LogP) is 3.60. The van der Waals surface area contributed by atoms with Crippen LogP contribution in [0.3, 0.4) is 0 Å². The van der Waals surface area contributed by atoms with Gasteiger partial charge in [0.25, 0.3) is 5.91 Å². The van der Waals surface area contributed by atoms with Gasteiger partial charge >= 0.3 is 0 Å². The van der Waals surface area contributed by atoms with Crippen LogP contribution in [0, 0.1) is 6.92 Å². The Bertz CT molecular complexity index is 1150. The molecule has 0 heterocycles. The Hall–Kier alpha value is -3.07. The number of nitrogens with one attached hydrogen (secondary N) is 3. The molecule has 0 radical (unpaired) electrons. The molecule has 3 aromatic rings. The fraction of sp³-hybridized carbons (Fsp3) is 0.0909. The summed E-state index contributed by atoms with van der Waals surface area (Å²) in [4.78, 5) is 12.4. The molecule has 0 aliphatic carbocycles. The minimum atomic E-state index is -3.64. The van der Waals surface area contributed by atoms with Crippen molar-refractivity contribution in [3.63, 3.8) is 0 Å². The number of anilines is 1. The first-order valence-electron chi connectivity index (χ1n) is 9.16. The van der Waals surface area contributed by atoms with Crippen molar-refractivity contribution in [1.29, 1.82) is 0 Å². The number of amides is 1. The molecule has 0 aliphatic heterocycles. The summed E-state index contributed by atoms with van der Waals surface area (Å²) in [6.07, 6.45) is 0. The maximum atomic E-state index is 12.5. The number of sulfonamides is 1. The summed E-state index contributed by atoms with van der Waals surface area (Å²) in [6, 6.07) is 22.6. The van der Waals surface area contributed by atoms with Crippen LogP contribution in [-0.2, 0) is 16.6 Å². The molecule has 6 nitrogen and oxygen atoms in total. The molecule has 0 bridgehead atoms. The molecular formula is C22H21N3O3S2. The van der Waals surface area contributed by atoms with Crippen LogP contribution in [0.5, 0.6) is 0 Å². The minimum absolute atomic E-state index is 0.124. The second-order valence-electron chi connectivity index (χ2n) is 6.61. The lowest BCUT2D eigenvalue weighted by molar-refractivity contribution is 0.0977. The molecule has 1 amide bonds. The zero-order valence-corrected chi connectivity index (χ0v) is 17.9. The first-order valence-corrected chi connectivity index (χ1v) is 11.1. The fourth-order valence-electron chi connectivity index (χ4n) is 2.70. The van der Waals surface area contributed by atoms with E-state index in [0.29, 0.717) is 11.3 Å². The highest BCUT2D eigenvalue weighted by atomic mass is 32.2. The maximum Gasteiger partial charge on any atom is 0.257 e. The average molecular weight is 440 g/mol. The molecule has 0 spiro atoms. The summed E-state index contributed by atoms with van der Waals surface area (Å²) < 4.78 is 27.5. The fourth-order valence-corrected chi connectivity index (χ4v) is 3.93. The summed E-state index contributed by atoms with van der Waals surface area (Å²) in [5, 5.41) is 5.61. The lowest BCUT2D eigenvalue weighted by atomic mass is 10.1. The molecule has 3 rings (SSSR count). The van der Waals surface area contributed by atoms with Crippen LogP contribution >= 0.6 is 12.2 Å². The van der Waals surface area contributed by atoms with E-state index in [-0.39, 0.29) is 22.5 Å². The Morgan fingerprint density at radius 3 is 2.30 bits per heavy atom. The molecule has 0 atom stereocenters. The van der Waals surface area contributed by atoms with Crippen LogP contribution in [0.15, 0.2) is 83.8 Å². The highest BCUT2D eigenvalue weighted by Crippen LogP contribution is 2.15. The van der Waals surface area contributed by atoms with Gasteiger partial charge in [0.2, 0.25) is 10.0 Å². The van der Waals surface area contributed by atoms with Gasteiger partial charge in [-0.05, 0) is 61.1 Å². The van der Waals surface area contributed by atoms with E-state index in [0.717, 1.165) is 11.1 Å². The van der Waals surface area contributed by atoms with Crippen LogP contribution < -0.4 is 15.4 Å². The summed E-state index contributed by atoms with van der Waals surface area (Å²) >= 11 is 5.17. The van der Waals surface area contributed by atoms with Gasteiger partial charge in [0.05, 0.1) is 4.90 Å². The number of carbonyl (C=O) groups is 1. The summed E-state index contributed by atoms with van der Waals surface area (Å²) in [6.45, 7) is 2.11. The van der Waals surface area contributed by atoms with Gasteiger partial charge in [-0.15, -0.1) is 0 Å². The van der Waals surface area contributed by atoms with Crippen LogP contribution in [0.2, 0.25) is 0 Å². The minimum Gasteiger partial charge on any atom is -0.332 e. The SMILES string of the molecule is Cc1cccc(C(=O)NC(=S)Nc2ccc(S(=O)(=O)NCc3ccccc3)cc2)c1. The standard InChI is InChI=1S/C22H21N3O3S2/c1-16-6-5-9-18(14-16)21(26)25-22(29)24-19-10-12-20(13-11-19)30(27,28)23-15-17-7-3-2-4-8-17/h2-14,23H,15H2,1H3,(H2,24,25,26,29). The Kier molecular flexibility index (Phi) is 6.94. The third-order valence-corrected chi connectivity index (χ3v) is 5.86. The predicted molar refractivity (Wildman–Crippen MR) is 122 cm³/mol. The normalized spacial score (nSPS) is 11.0. The van der Waals surface area contributed by atoms with E-state index in [9.17, 15) is 13.2 Å². The molecule has 0 aliphatic rings. The lowest BCUT2D eigenvalue weighted by Gasteiger charge is -2.11. The zero-order valence-electron chi connectivity index (χ0n) is 16.3. The largest absolute Gasteiger partial charge is 0.332 e. The number of thiocarbonyl (C=S) groups is 1. The molecule has 30 heavy (non-hydrogen) atoms. The number of benzene rings is 3. The second kappa shape index (κ2) is 9.62. The number of carbonyl (C=O) groups excluding carboxylic acids is 1. The average Bonchev–Trinajstić information content (AvgIpc) is 2.73. The zero-order chi connectivity index (χ0) is 21.6. The van der Waals surface area contributed by atoms with Crippen molar-refractivity contribution in [2.45, 2.75) is 18.4 Å². The number of rotatable bonds is 6. The van der Waals surface area contributed by atoms with Gasteiger partial charge in [0, 0.05) is 17.8 Å². The van der Waals surface area contributed by atoms with Gasteiger partial charge in [0.15, 0.2) is 5.11 Å². The third-order valence-electron chi connectivity index (χ3n) is 4.24. The van der Waals surface area contributed by atoms with Gasteiger partial charge < -0.3 is 5.32 Å². The molecule has 0 saturated carbocycles. The first-order chi connectivity index (χ1) is 14.3. The molecular weight excluding hydrogens is 418 g/mol. The first kappa shape index (κ1) is 21.6. The van der Waals surface area contributed by atoms with E-state index in [1.54, 1.807) is 30.3 Å². The van der Waals surface area contributed by atoms with Crippen molar-refractivity contribution in [3.05, 3.63) is 95.6 Å². The molecule has 0 unspecified atom stereocenters. The molecule has 8 heteroatoms. The van der Waals surface area contributed by atoms with Crippen molar-refractivity contribution in [2.24, 2.45) is 0 Å². The molecule has 3 N–H and O–H groups in total. The smallest absolute Gasteiger partial charge is 0.257 e. The highest BCUT2D eigenvalue weighted by Gasteiger charge is 2.14. The van der Waals surface area contributed by atoms with Gasteiger partial charge in [-0.25, -0.2) is 13.1 Å². The second-order valence-corrected chi connectivity index (χ2v) is 8.79. The number of hydrogen-bond donors (Lipinski definition) is 3. The summed E-state index contributed by atoms with van der Waals surface area (Å²) in [7, 11) is -3.64. The van der Waals surface area contributed by atoms with Crippen LogP contribution in [0.25, 0.3) is 0 Å². The van der Waals surface area contributed by atoms with Gasteiger partial charge in [0.1, 0.15) is 0 Å². The van der Waals surface area contributed by atoms with Crippen molar-refractivity contribution < 1.29 is 13.2 Å². The Balaban J connectivity index is 1.58. The lowest BCUT2D eigenvalue weighted by Crippen LogP contribution is -2.34. The summed E-state index contributed by atoms with van der Waals surface area (Å²) in [5.74, 6) is -0.319. The molecule has 0 fully saturated rings. The summed E-state index contributed by atoms with van der Waals surface area (Å²) in [5.41, 5.74) is 2.91. The van der Waals surface area contributed by atoms with E-state index < -0.39 is 10.0 Å². The molecule has 0 aromatic heterocycles. The van der Waals surface area contributed by atoms with Crippen LogP contribution in [0.1, 0.15) is 21.5 Å². The number of aryl methyl sites for hydroxylation is 1. The van der Waals surface area contributed by atoms with Crippen molar-refractivity contribution in [2.75, 3.05) is 5.32 Å². The van der Waals surface area contributed by atoms with E-state index in [1.165, 1.54) is 12.1 Å².